The average Bonchev–Trinajstić information content (AvgIpc) is 2.17. The highest BCUT2D eigenvalue weighted by molar-refractivity contribution is 5.84. The maximum atomic E-state index is 11.8. The van der Waals surface area contributed by atoms with Crippen molar-refractivity contribution in [2.45, 2.75) is 40.5 Å². The zero-order valence-electron chi connectivity index (χ0n) is 10.5. The van der Waals surface area contributed by atoms with Crippen LogP contribution in [0.3, 0.4) is 0 Å². The van der Waals surface area contributed by atoms with Crippen molar-refractivity contribution in [1.82, 2.24) is 5.32 Å². The molecular formula is C12H21NO3. The Morgan fingerprint density at radius 1 is 1.38 bits per heavy atom. The van der Waals surface area contributed by atoms with E-state index >= 15 is 0 Å². The summed E-state index contributed by atoms with van der Waals surface area (Å²) in [6.45, 7) is 7.33. The quantitative estimate of drug-likeness (QED) is 0.527. The van der Waals surface area contributed by atoms with Crippen molar-refractivity contribution in [1.29, 1.82) is 0 Å². The van der Waals surface area contributed by atoms with Gasteiger partial charge in [-0.15, -0.1) is 0 Å². The molecule has 4 nitrogen and oxygen atoms in total. The first-order valence-electron chi connectivity index (χ1n) is 5.53. The summed E-state index contributed by atoms with van der Waals surface area (Å²) in [5.41, 5.74) is -0.575. The van der Waals surface area contributed by atoms with Gasteiger partial charge < -0.3 is 10.1 Å². The van der Waals surface area contributed by atoms with Crippen LogP contribution in [0.25, 0.3) is 0 Å². The molecule has 1 N–H and O–H groups in total. The maximum absolute atomic E-state index is 11.8. The largest absolute Gasteiger partial charge is 0.355 e. The van der Waals surface area contributed by atoms with Crippen LogP contribution >= 0.6 is 0 Å². The van der Waals surface area contributed by atoms with Gasteiger partial charge in [0.1, 0.15) is 12.1 Å². The summed E-state index contributed by atoms with van der Waals surface area (Å²) in [6.07, 6.45) is 1.62. The molecule has 92 valence electrons. The summed E-state index contributed by atoms with van der Waals surface area (Å²) in [4.78, 5) is 33.0. The third-order valence-electron chi connectivity index (χ3n) is 2.67. The van der Waals surface area contributed by atoms with E-state index in [0.717, 1.165) is 6.29 Å². The van der Waals surface area contributed by atoms with Gasteiger partial charge in [0.15, 0.2) is 0 Å². The molecule has 0 rings (SSSR count). The number of amides is 1. The van der Waals surface area contributed by atoms with Gasteiger partial charge in [-0.1, -0.05) is 20.8 Å². The van der Waals surface area contributed by atoms with E-state index in [9.17, 15) is 14.4 Å². The second-order valence-electron chi connectivity index (χ2n) is 4.81. The first-order valence-corrected chi connectivity index (χ1v) is 5.53. The molecule has 0 aromatic heterocycles. The first kappa shape index (κ1) is 14.8. The molecule has 1 unspecified atom stereocenters. The van der Waals surface area contributed by atoms with Crippen LogP contribution in [0.15, 0.2) is 0 Å². The van der Waals surface area contributed by atoms with Crippen LogP contribution in [0.5, 0.6) is 0 Å². The molecule has 0 spiro atoms. The van der Waals surface area contributed by atoms with Crippen LogP contribution in [0.1, 0.15) is 40.5 Å². The van der Waals surface area contributed by atoms with E-state index in [1.807, 2.05) is 20.8 Å². The van der Waals surface area contributed by atoms with Gasteiger partial charge in [-0.3, -0.25) is 9.59 Å². The third kappa shape index (κ3) is 5.05. The minimum absolute atomic E-state index is 0.0915. The van der Waals surface area contributed by atoms with Crippen LogP contribution in [0.4, 0.5) is 0 Å². The highest BCUT2D eigenvalue weighted by Gasteiger charge is 2.30. The zero-order valence-corrected chi connectivity index (χ0v) is 10.5. The van der Waals surface area contributed by atoms with Crippen LogP contribution in [0.2, 0.25) is 0 Å². The van der Waals surface area contributed by atoms with Gasteiger partial charge >= 0.3 is 0 Å². The van der Waals surface area contributed by atoms with Crippen LogP contribution < -0.4 is 5.32 Å². The minimum Gasteiger partial charge on any atom is -0.355 e. The molecule has 0 aromatic rings. The van der Waals surface area contributed by atoms with Crippen molar-refractivity contribution in [2.24, 2.45) is 11.3 Å². The molecule has 1 amide bonds. The fourth-order valence-corrected chi connectivity index (χ4v) is 1.49. The van der Waals surface area contributed by atoms with Crippen LogP contribution in [-0.2, 0) is 14.4 Å². The standard InChI is InChI=1S/C12H21NO3/c1-9(10(2)15)8-12(3,4)11(16)13-6-5-7-14/h7,9H,5-6,8H2,1-4H3,(H,13,16). The van der Waals surface area contributed by atoms with Crippen molar-refractivity contribution in [3.05, 3.63) is 0 Å². The molecule has 0 aromatic carbocycles. The van der Waals surface area contributed by atoms with Crippen LogP contribution in [0, 0.1) is 11.3 Å². The number of aldehydes is 1. The number of rotatable bonds is 7. The van der Waals surface area contributed by atoms with Crippen molar-refractivity contribution in [3.63, 3.8) is 0 Å². The molecule has 0 aliphatic heterocycles. The lowest BCUT2D eigenvalue weighted by Crippen LogP contribution is -2.39. The molecule has 0 saturated carbocycles. The highest BCUT2D eigenvalue weighted by atomic mass is 16.2. The molecular weight excluding hydrogens is 206 g/mol. The normalized spacial score (nSPS) is 13.0. The predicted octanol–water partition coefficient (Wildman–Crippen LogP) is 1.33. The van der Waals surface area contributed by atoms with E-state index in [1.165, 1.54) is 6.92 Å². The number of Topliss-reactive ketones (excluding diaryl/α,β-unsaturated/α-hetero) is 1. The Morgan fingerprint density at radius 2 is 1.94 bits per heavy atom. The number of hydrogen-bond donors (Lipinski definition) is 1. The molecule has 0 fully saturated rings. The molecule has 0 aliphatic rings. The Labute approximate surface area is 96.8 Å². The van der Waals surface area contributed by atoms with Gasteiger partial charge in [0.05, 0.1) is 0 Å². The third-order valence-corrected chi connectivity index (χ3v) is 2.67. The smallest absolute Gasteiger partial charge is 0.225 e. The number of carbonyl (C=O) groups excluding carboxylic acids is 3. The summed E-state index contributed by atoms with van der Waals surface area (Å²) in [7, 11) is 0. The predicted molar refractivity (Wildman–Crippen MR) is 61.9 cm³/mol. The molecule has 0 heterocycles. The lowest BCUT2D eigenvalue weighted by molar-refractivity contribution is -0.131. The van der Waals surface area contributed by atoms with Crippen molar-refractivity contribution >= 4 is 18.0 Å². The van der Waals surface area contributed by atoms with E-state index < -0.39 is 5.41 Å². The minimum atomic E-state index is -0.575. The molecule has 1 atom stereocenters. The van der Waals surface area contributed by atoms with Crippen molar-refractivity contribution < 1.29 is 14.4 Å². The number of carbonyl (C=O) groups is 3. The van der Waals surface area contributed by atoms with Gasteiger partial charge in [-0.2, -0.15) is 0 Å². The number of nitrogens with one attached hydrogen (secondary N) is 1. The molecule has 0 saturated heterocycles. The summed E-state index contributed by atoms with van der Waals surface area (Å²) in [5, 5.41) is 2.69. The van der Waals surface area contributed by atoms with Gasteiger partial charge in [0.25, 0.3) is 0 Å². The lowest BCUT2D eigenvalue weighted by Gasteiger charge is -2.25. The highest BCUT2D eigenvalue weighted by Crippen LogP contribution is 2.26. The van der Waals surface area contributed by atoms with E-state index in [4.69, 9.17) is 0 Å². The molecule has 0 aliphatic carbocycles. The Kier molecular flexibility index (Phi) is 5.93. The molecule has 0 radical (unpaired) electrons. The van der Waals surface area contributed by atoms with Gasteiger partial charge in [0, 0.05) is 24.3 Å². The number of ketones is 1. The molecule has 16 heavy (non-hydrogen) atoms. The molecule has 0 bridgehead atoms. The monoisotopic (exact) mass is 227 g/mol. The van der Waals surface area contributed by atoms with E-state index in [2.05, 4.69) is 5.32 Å². The van der Waals surface area contributed by atoms with Crippen molar-refractivity contribution in [2.75, 3.05) is 6.54 Å². The van der Waals surface area contributed by atoms with Gasteiger partial charge in [0.2, 0.25) is 5.91 Å². The second kappa shape index (κ2) is 6.40. The van der Waals surface area contributed by atoms with Gasteiger partial charge in [-0.25, -0.2) is 0 Å². The van der Waals surface area contributed by atoms with E-state index in [-0.39, 0.29) is 17.6 Å². The fraction of sp³-hybridized carbons (Fsp3) is 0.750. The Balaban J connectivity index is 4.24. The SMILES string of the molecule is CC(=O)C(C)CC(C)(C)C(=O)NCCC=O. The summed E-state index contributed by atoms with van der Waals surface area (Å²) >= 11 is 0. The average molecular weight is 227 g/mol. The zero-order chi connectivity index (χ0) is 12.8. The van der Waals surface area contributed by atoms with E-state index in [0.29, 0.717) is 19.4 Å². The number of hydrogen-bond acceptors (Lipinski definition) is 3. The fourth-order valence-electron chi connectivity index (χ4n) is 1.49. The van der Waals surface area contributed by atoms with Gasteiger partial charge in [-0.05, 0) is 13.3 Å². The summed E-state index contributed by atoms with van der Waals surface area (Å²) < 4.78 is 0. The second-order valence-corrected chi connectivity index (χ2v) is 4.81. The lowest BCUT2D eigenvalue weighted by atomic mass is 9.81. The molecule has 4 heteroatoms. The maximum Gasteiger partial charge on any atom is 0.225 e. The Morgan fingerprint density at radius 3 is 2.38 bits per heavy atom. The summed E-state index contributed by atoms with van der Waals surface area (Å²) in [6, 6.07) is 0. The topological polar surface area (TPSA) is 63.2 Å². The van der Waals surface area contributed by atoms with E-state index in [1.54, 1.807) is 0 Å². The summed E-state index contributed by atoms with van der Waals surface area (Å²) in [5.74, 6) is -0.136. The first-order chi connectivity index (χ1) is 7.31. The Bertz CT molecular complexity index is 271. The van der Waals surface area contributed by atoms with Crippen LogP contribution in [-0.4, -0.2) is 24.5 Å². The van der Waals surface area contributed by atoms with Crippen molar-refractivity contribution in [3.8, 4) is 0 Å². The Hall–Kier alpha value is -1.19.